The summed E-state index contributed by atoms with van der Waals surface area (Å²) in [6, 6.07) is 7.67. The van der Waals surface area contributed by atoms with E-state index in [-0.39, 0.29) is 12.3 Å². The lowest BCUT2D eigenvalue weighted by Crippen LogP contribution is -2.25. The molecule has 1 aromatic heterocycles. The molecule has 0 saturated carbocycles. The SMILES string of the molecule is Cc1c(C(=O)NCCCCC(=O)O)cnn1-c1cccc(Br)c1. The maximum Gasteiger partial charge on any atom is 0.303 e. The zero-order chi connectivity index (χ0) is 16.8. The summed E-state index contributed by atoms with van der Waals surface area (Å²) < 4.78 is 2.65. The monoisotopic (exact) mass is 379 g/mol. The summed E-state index contributed by atoms with van der Waals surface area (Å²) in [6.45, 7) is 2.29. The van der Waals surface area contributed by atoms with Crippen LogP contribution in [0.15, 0.2) is 34.9 Å². The number of amides is 1. The minimum absolute atomic E-state index is 0.121. The van der Waals surface area contributed by atoms with Gasteiger partial charge in [0.05, 0.1) is 23.1 Å². The molecule has 2 rings (SSSR count). The van der Waals surface area contributed by atoms with Crippen LogP contribution in [-0.2, 0) is 4.79 Å². The number of carbonyl (C=O) groups is 2. The van der Waals surface area contributed by atoms with Crippen molar-refractivity contribution < 1.29 is 14.7 Å². The number of halogens is 1. The third-order valence-electron chi connectivity index (χ3n) is 3.41. The number of nitrogens with one attached hydrogen (secondary N) is 1. The lowest BCUT2D eigenvalue weighted by molar-refractivity contribution is -0.137. The van der Waals surface area contributed by atoms with Crippen LogP contribution >= 0.6 is 15.9 Å². The molecule has 1 aromatic carbocycles. The Bertz CT molecular complexity index is 712. The summed E-state index contributed by atoms with van der Waals surface area (Å²) in [5.41, 5.74) is 2.15. The lowest BCUT2D eigenvalue weighted by Gasteiger charge is -2.07. The summed E-state index contributed by atoms with van der Waals surface area (Å²) in [5, 5.41) is 15.6. The van der Waals surface area contributed by atoms with Gasteiger partial charge in [0, 0.05) is 17.4 Å². The number of hydrogen-bond acceptors (Lipinski definition) is 3. The Hall–Kier alpha value is -2.15. The third kappa shape index (κ3) is 4.66. The molecule has 0 aliphatic carbocycles. The summed E-state index contributed by atoms with van der Waals surface area (Å²) in [6.07, 6.45) is 2.85. The Labute approximate surface area is 142 Å². The minimum atomic E-state index is -0.817. The van der Waals surface area contributed by atoms with Crippen LogP contribution in [0.2, 0.25) is 0 Å². The Kier molecular flexibility index (Phi) is 5.92. The number of aromatic nitrogens is 2. The van der Waals surface area contributed by atoms with E-state index in [1.54, 1.807) is 10.9 Å². The van der Waals surface area contributed by atoms with Crippen LogP contribution < -0.4 is 5.32 Å². The zero-order valence-electron chi connectivity index (χ0n) is 12.8. The van der Waals surface area contributed by atoms with Crippen molar-refractivity contribution in [2.24, 2.45) is 0 Å². The predicted octanol–water partition coefficient (Wildman–Crippen LogP) is 2.93. The van der Waals surface area contributed by atoms with Gasteiger partial charge in [0.25, 0.3) is 5.91 Å². The van der Waals surface area contributed by atoms with E-state index in [1.807, 2.05) is 31.2 Å². The van der Waals surface area contributed by atoms with Crippen LogP contribution in [0.3, 0.4) is 0 Å². The molecule has 122 valence electrons. The second-order valence-electron chi connectivity index (χ2n) is 5.14. The molecule has 0 atom stereocenters. The van der Waals surface area contributed by atoms with Crippen LogP contribution in [0.1, 0.15) is 35.3 Å². The fraction of sp³-hybridized carbons (Fsp3) is 0.312. The first-order valence-electron chi connectivity index (χ1n) is 7.29. The smallest absolute Gasteiger partial charge is 0.303 e. The van der Waals surface area contributed by atoms with E-state index in [4.69, 9.17) is 5.11 Å². The number of rotatable bonds is 7. The standard InChI is InChI=1S/C16H18BrN3O3/c1-11-14(16(23)18-8-3-2-7-15(21)22)10-19-20(11)13-6-4-5-12(17)9-13/h4-6,9-10H,2-3,7-8H2,1H3,(H,18,23)(H,21,22). The molecule has 1 heterocycles. The normalized spacial score (nSPS) is 10.5. The van der Waals surface area contributed by atoms with Gasteiger partial charge in [0.15, 0.2) is 0 Å². The highest BCUT2D eigenvalue weighted by molar-refractivity contribution is 9.10. The number of carboxylic acids is 1. The van der Waals surface area contributed by atoms with Crippen molar-refractivity contribution >= 4 is 27.8 Å². The van der Waals surface area contributed by atoms with Gasteiger partial charge in [-0.3, -0.25) is 9.59 Å². The molecule has 23 heavy (non-hydrogen) atoms. The molecular formula is C16H18BrN3O3. The molecule has 0 fully saturated rings. The van der Waals surface area contributed by atoms with Gasteiger partial charge in [-0.25, -0.2) is 4.68 Å². The quantitative estimate of drug-likeness (QED) is 0.724. The summed E-state index contributed by atoms with van der Waals surface area (Å²) in [7, 11) is 0. The van der Waals surface area contributed by atoms with Crippen molar-refractivity contribution in [3.63, 3.8) is 0 Å². The van der Waals surface area contributed by atoms with Gasteiger partial charge < -0.3 is 10.4 Å². The first-order chi connectivity index (χ1) is 11.0. The number of carboxylic acid groups (broad SMARTS) is 1. The maximum absolute atomic E-state index is 12.2. The second-order valence-corrected chi connectivity index (χ2v) is 6.06. The first-order valence-corrected chi connectivity index (χ1v) is 8.09. The van der Waals surface area contributed by atoms with Gasteiger partial charge in [-0.15, -0.1) is 0 Å². The van der Waals surface area contributed by atoms with Crippen LogP contribution in [0, 0.1) is 6.92 Å². The van der Waals surface area contributed by atoms with Crippen molar-refractivity contribution in [1.82, 2.24) is 15.1 Å². The Morgan fingerprint density at radius 1 is 1.35 bits per heavy atom. The minimum Gasteiger partial charge on any atom is -0.481 e. The summed E-state index contributed by atoms with van der Waals surface area (Å²) in [5.74, 6) is -1.01. The highest BCUT2D eigenvalue weighted by Gasteiger charge is 2.14. The van der Waals surface area contributed by atoms with Crippen LogP contribution in [0.5, 0.6) is 0 Å². The summed E-state index contributed by atoms with van der Waals surface area (Å²) >= 11 is 3.42. The van der Waals surface area contributed by atoms with E-state index in [9.17, 15) is 9.59 Å². The predicted molar refractivity (Wildman–Crippen MR) is 89.8 cm³/mol. The molecular weight excluding hydrogens is 362 g/mol. The molecule has 0 aliphatic heterocycles. The van der Waals surface area contributed by atoms with Crippen LogP contribution in [0.25, 0.3) is 5.69 Å². The van der Waals surface area contributed by atoms with E-state index in [0.717, 1.165) is 15.9 Å². The zero-order valence-corrected chi connectivity index (χ0v) is 14.3. The molecule has 0 spiro atoms. The molecule has 0 aliphatic rings. The van der Waals surface area contributed by atoms with Gasteiger partial charge in [-0.05, 0) is 38.0 Å². The van der Waals surface area contributed by atoms with Gasteiger partial charge in [0.1, 0.15) is 0 Å². The average Bonchev–Trinajstić information content (AvgIpc) is 2.88. The van der Waals surface area contributed by atoms with Crippen molar-refractivity contribution in [3.8, 4) is 5.69 Å². The molecule has 6 nitrogen and oxygen atoms in total. The Morgan fingerprint density at radius 3 is 2.83 bits per heavy atom. The highest BCUT2D eigenvalue weighted by Crippen LogP contribution is 2.18. The van der Waals surface area contributed by atoms with E-state index >= 15 is 0 Å². The number of nitrogens with zero attached hydrogens (tertiary/aromatic N) is 2. The summed E-state index contributed by atoms with van der Waals surface area (Å²) in [4.78, 5) is 22.6. The van der Waals surface area contributed by atoms with Crippen LogP contribution in [0.4, 0.5) is 0 Å². The van der Waals surface area contributed by atoms with Gasteiger partial charge >= 0.3 is 5.97 Å². The molecule has 0 unspecified atom stereocenters. The average molecular weight is 380 g/mol. The fourth-order valence-electron chi connectivity index (χ4n) is 2.20. The van der Waals surface area contributed by atoms with Gasteiger partial charge in [0.2, 0.25) is 0 Å². The molecule has 7 heteroatoms. The van der Waals surface area contributed by atoms with Crippen molar-refractivity contribution in [1.29, 1.82) is 0 Å². The highest BCUT2D eigenvalue weighted by atomic mass is 79.9. The number of benzene rings is 1. The molecule has 1 amide bonds. The molecule has 0 bridgehead atoms. The molecule has 2 N–H and O–H groups in total. The van der Waals surface area contributed by atoms with Crippen molar-refractivity contribution in [3.05, 3.63) is 46.2 Å². The first kappa shape index (κ1) is 17.2. The van der Waals surface area contributed by atoms with E-state index in [1.165, 1.54) is 0 Å². The van der Waals surface area contributed by atoms with Gasteiger partial charge in [-0.2, -0.15) is 5.10 Å². The van der Waals surface area contributed by atoms with Crippen molar-refractivity contribution in [2.75, 3.05) is 6.54 Å². The largest absolute Gasteiger partial charge is 0.481 e. The number of unbranched alkanes of at least 4 members (excludes halogenated alkanes) is 1. The van der Waals surface area contributed by atoms with Gasteiger partial charge in [-0.1, -0.05) is 22.0 Å². The number of aliphatic carboxylic acids is 1. The molecule has 0 radical (unpaired) electrons. The molecule has 2 aromatic rings. The van der Waals surface area contributed by atoms with E-state index in [2.05, 4.69) is 26.3 Å². The van der Waals surface area contributed by atoms with Crippen LogP contribution in [-0.4, -0.2) is 33.3 Å². The lowest BCUT2D eigenvalue weighted by atomic mass is 10.2. The fourth-order valence-corrected chi connectivity index (χ4v) is 2.59. The number of carbonyl (C=O) groups excluding carboxylic acids is 1. The number of hydrogen-bond donors (Lipinski definition) is 2. The Morgan fingerprint density at radius 2 is 2.13 bits per heavy atom. The van der Waals surface area contributed by atoms with Crippen molar-refractivity contribution in [2.45, 2.75) is 26.2 Å². The maximum atomic E-state index is 12.2. The molecule has 0 saturated heterocycles. The third-order valence-corrected chi connectivity index (χ3v) is 3.90. The van der Waals surface area contributed by atoms with E-state index < -0.39 is 5.97 Å². The second kappa shape index (κ2) is 7.92. The van der Waals surface area contributed by atoms with E-state index in [0.29, 0.717) is 24.9 Å². The topological polar surface area (TPSA) is 84.2 Å². The Balaban J connectivity index is 1.98.